The number of amides is 1. The quantitative estimate of drug-likeness (QED) is 0.553. The summed E-state index contributed by atoms with van der Waals surface area (Å²) in [5.74, 6) is 1.03. The highest BCUT2D eigenvalue weighted by Gasteiger charge is 2.17. The summed E-state index contributed by atoms with van der Waals surface area (Å²) in [4.78, 5) is 17.4. The highest BCUT2D eigenvalue weighted by atomic mass is 32.1. The maximum atomic E-state index is 12.9. The zero-order valence-corrected chi connectivity index (χ0v) is 16.5. The van der Waals surface area contributed by atoms with Gasteiger partial charge in [-0.3, -0.25) is 4.79 Å². The van der Waals surface area contributed by atoms with Crippen molar-refractivity contribution in [2.75, 3.05) is 18.5 Å². The molecule has 8 heteroatoms. The third-order valence-corrected chi connectivity index (χ3v) is 5.40. The van der Waals surface area contributed by atoms with Gasteiger partial charge in [-0.1, -0.05) is 6.92 Å². The largest absolute Gasteiger partial charge is 0.486 e. The average molecular weight is 406 g/mol. The number of aromatic nitrogens is 3. The first-order chi connectivity index (χ1) is 14.2. The molecule has 1 N–H and O–H groups in total. The maximum absolute atomic E-state index is 12.9. The lowest BCUT2D eigenvalue weighted by Gasteiger charge is -2.19. The van der Waals surface area contributed by atoms with E-state index < -0.39 is 0 Å². The summed E-state index contributed by atoms with van der Waals surface area (Å²) in [7, 11) is 0. The number of benzene rings is 1. The number of carbonyl (C=O) groups excluding carboxylic acids is 1. The Labute approximate surface area is 170 Å². The molecule has 0 unspecified atom stereocenters. The van der Waals surface area contributed by atoms with Crippen molar-refractivity contribution < 1.29 is 14.3 Å². The number of hydrogen-bond acceptors (Lipinski definition) is 6. The van der Waals surface area contributed by atoms with Crippen LogP contribution in [-0.2, 0) is 6.42 Å². The maximum Gasteiger partial charge on any atom is 0.274 e. The number of nitrogens with zero attached hydrogens (tertiary/aromatic N) is 3. The first-order valence-electron chi connectivity index (χ1n) is 9.34. The zero-order chi connectivity index (χ0) is 19.8. The van der Waals surface area contributed by atoms with Crippen LogP contribution in [0.1, 0.15) is 23.1 Å². The molecular weight excluding hydrogens is 388 g/mol. The fraction of sp³-hybridized carbons (Fsp3) is 0.190. The van der Waals surface area contributed by atoms with E-state index in [1.165, 1.54) is 0 Å². The Kier molecular flexibility index (Phi) is 4.40. The summed E-state index contributed by atoms with van der Waals surface area (Å²) >= 11 is 1.62. The van der Waals surface area contributed by atoms with E-state index in [0.717, 1.165) is 23.4 Å². The minimum Gasteiger partial charge on any atom is -0.486 e. The molecule has 0 atom stereocenters. The number of rotatable bonds is 4. The lowest BCUT2D eigenvalue weighted by atomic mass is 10.2. The van der Waals surface area contributed by atoms with Crippen molar-refractivity contribution in [3.63, 3.8) is 0 Å². The normalized spacial score (nSPS) is 12.9. The number of fused-ring (bicyclic) bond motifs is 2. The van der Waals surface area contributed by atoms with Gasteiger partial charge in [0, 0.05) is 34.5 Å². The SMILES string of the molecule is CCc1cc(C(=O)Nc2ccc3c(c2)OCCO3)nc2cc(-c3ccsc3)nn12. The van der Waals surface area contributed by atoms with Crippen molar-refractivity contribution in [1.82, 2.24) is 14.6 Å². The Balaban J connectivity index is 1.47. The van der Waals surface area contributed by atoms with Crippen molar-refractivity contribution >= 4 is 28.6 Å². The summed E-state index contributed by atoms with van der Waals surface area (Å²) in [5, 5.41) is 11.6. The van der Waals surface area contributed by atoms with Gasteiger partial charge in [-0.2, -0.15) is 16.4 Å². The Morgan fingerprint density at radius 3 is 2.83 bits per heavy atom. The lowest BCUT2D eigenvalue weighted by Crippen LogP contribution is -2.17. The van der Waals surface area contributed by atoms with Gasteiger partial charge < -0.3 is 14.8 Å². The Morgan fingerprint density at radius 1 is 1.17 bits per heavy atom. The first-order valence-corrected chi connectivity index (χ1v) is 10.3. The van der Waals surface area contributed by atoms with Crippen molar-refractivity contribution in [1.29, 1.82) is 0 Å². The minimum atomic E-state index is -0.280. The molecule has 4 aromatic rings. The third-order valence-electron chi connectivity index (χ3n) is 4.71. The van der Waals surface area contributed by atoms with Gasteiger partial charge in [0.05, 0.1) is 5.69 Å². The molecule has 146 valence electrons. The van der Waals surface area contributed by atoms with Gasteiger partial charge in [0.25, 0.3) is 5.91 Å². The predicted molar refractivity (Wildman–Crippen MR) is 111 cm³/mol. The third kappa shape index (κ3) is 3.31. The van der Waals surface area contributed by atoms with Crippen LogP contribution in [0, 0.1) is 0 Å². The average Bonchev–Trinajstić information content (AvgIpc) is 3.42. The summed E-state index contributed by atoms with van der Waals surface area (Å²) in [6, 6.07) is 11.1. The van der Waals surface area contributed by atoms with E-state index in [1.54, 1.807) is 40.1 Å². The zero-order valence-electron chi connectivity index (χ0n) is 15.7. The van der Waals surface area contributed by atoms with Crippen LogP contribution in [0.15, 0.2) is 47.2 Å². The van der Waals surface area contributed by atoms with E-state index in [1.807, 2.05) is 29.8 Å². The van der Waals surface area contributed by atoms with Crippen LogP contribution in [0.4, 0.5) is 5.69 Å². The Hall–Kier alpha value is -3.39. The van der Waals surface area contributed by atoms with E-state index in [-0.39, 0.29) is 5.91 Å². The van der Waals surface area contributed by atoms with Gasteiger partial charge in [0.15, 0.2) is 17.1 Å². The predicted octanol–water partition coefficient (Wildman–Crippen LogP) is 4.04. The molecule has 7 nitrogen and oxygen atoms in total. The second-order valence-corrected chi connectivity index (χ2v) is 7.39. The molecule has 1 amide bonds. The fourth-order valence-electron chi connectivity index (χ4n) is 3.27. The van der Waals surface area contributed by atoms with Gasteiger partial charge in [-0.15, -0.1) is 0 Å². The molecule has 3 aromatic heterocycles. The molecule has 4 heterocycles. The van der Waals surface area contributed by atoms with Crippen LogP contribution in [0.25, 0.3) is 16.9 Å². The van der Waals surface area contributed by atoms with Crippen LogP contribution < -0.4 is 14.8 Å². The molecule has 0 saturated carbocycles. The van der Waals surface area contributed by atoms with E-state index >= 15 is 0 Å². The van der Waals surface area contributed by atoms with Gasteiger partial charge in [-0.05, 0) is 36.1 Å². The summed E-state index contributed by atoms with van der Waals surface area (Å²) in [6.07, 6.45) is 0.730. The number of anilines is 1. The van der Waals surface area contributed by atoms with Crippen molar-refractivity contribution in [3.05, 3.63) is 58.5 Å². The second kappa shape index (κ2) is 7.21. The van der Waals surface area contributed by atoms with E-state index in [4.69, 9.17) is 9.47 Å². The summed E-state index contributed by atoms with van der Waals surface area (Å²) < 4.78 is 12.9. The molecule has 0 aliphatic carbocycles. The lowest BCUT2D eigenvalue weighted by molar-refractivity contribution is 0.102. The Morgan fingerprint density at radius 2 is 2.03 bits per heavy atom. The number of aryl methyl sites for hydroxylation is 1. The summed E-state index contributed by atoms with van der Waals surface area (Å²) in [6.45, 7) is 3.06. The van der Waals surface area contributed by atoms with Gasteiger partial charge in [0.1, 0.15) is 18.9 Å². The molecule has 1 aliphatic heterocycles. The Bertz CT molecular complexity index is 1200. The molecule has 0 saturated heterocycles. The first kappa shape index (κ1) is 17.7. The van der Waals surface area contributed by atoms with Crippen LogP contribution >= 0.6 is 11.3 Å². The number of thiophene rings is 1. The molecule has 5 rings (SSSR count). The number of ether oxygens (including phenoxy) is 2. The molecule has 0 fully saturated rings. The minimum absolute atomic E-state index is 0.280. The summed E-state index contributed by atoms with van der Waals surface area (Å²) in [5.41, 5.74) is 4.44. The monoisotopic (exact) mass is 406 g/mol. The molecule has 1 aliphatic rings. The van der Waals surface area contributed by atoms with Crippen LogP contribution in [0.3, 0.4) is 0 Å². The molecule has 0 spiro atoms. The topological polar surface area (TPSA) is 77.8 Å². The van der Waals surface area contributed by atoms with Crippen molar-refractivity contribution in [2.24, 2.45) is 0 Å². The highest BCUT2D eigenvalue weighted by molar-refractivity contribution is 7.08. The van der Waals surface area contributed by atoms with Gasteiger partial charge in [-0.25, -0.2) is 9.50 Å². The number of carbonyl (C=O) groups is 1. The van der Waals surface area contributed by atoms with E-state index in [2.05, 4.69) is 15.4 Å². The fourth-order valence-corrected chi connectivity index (χ4v) is 3.92. The van der Waals surface area contributed by atoms with E-state index in [0.29, 0.717) is 41.7 Å². The number of nitrogens with one attached hydrogen (secondary N) is 1. The number of hydrogen-bond donors (Lipinski definition) is 1. The van der Waals surface area contributed by atoms with E-state index in [9.17, 15) is 4.79 Å². The second-order valence-electron chi connectivity index (χ2n) is 6.61. The van der Waals surface area contributed by atoms with Crippen LogP contribution in [0.5, 0.6) is 11.5 Å². The highest BCUT2D eigenvalue weighted by Crippen LogP contribution is 2.32. The molecular formula is C21H18N4O3S. The standard InChI is InChI=1S/C21H18N4O3S/c1-2-15-10-17(23-20-11-16(24-25(15)20)13-5-8-29-12-13)21(26)22-14-3-4-18-19(9-14)28-7-6-27-18/h3-5,8-12H,2,6-7H2,1H3,(H,22,26). The van der Waals surface area contributed by atoms with Crippen LogP contribution in [0.2, 0.25) is 0 Å². The molecule has 29 heavy (non-hydrogen) atoms. The van der Waals surface area contributed by atoms with Crippen LogP contribution in [-0.4, -0.2) is 33.7 Å². The molecule has 1 aromatic carbocycles. The van der Waals surface area contributed by atoms with Crippen molar-refractivity contribution in [2.45, 2.75) is 13.3 Å². The molecule has 0 bridgehead atoms. The van der Waals surface area contributed by atoms with Gasteiger partial charge >= 0.3 is 0 Å². The molecule has 0 radical (unpaired) electrons. The van der Waals surface area contributed by atoms with Crippen molar-refractivity contribution in [3.8, 4) is 22.8 Å². The van der Waals surface area contributed by atoms with Gasteiger partial charge in [0.2, 0.25) is 0 Å². The smallest absolute Gasteiger partial charge is 0.274 e.